The fourth-order valence-electron chi connectivity index (χ4n) is 1.71. The lowest BCUT2D eigenvalue weighted by Gasteiger charge is -2.15. The van der Waals surface area contributed by atoms with Crippen LogP contribution in [0.15, 0.2) is 30.5 Å². The number of benzene rings is 1. The molecule has 0 saturated heterocycles. The molecular weight excluding hydrogens is 214 g/mol. The highest BCUT2D eigenvalue weighted by atomic mass is 16.2. The van der Waals surface area contributed by atoms with Gasteiger partial charge in [0.15, 0.2) is 0 Å². The van der Waals surface area contributed by atoms with E-state index in [0.717, 1.165) is 16.6 Å². The van der Waals surface area contributed by atoms with Gasteiger partial charge in [-0.15, -0.1) is 0 Å². The van der Waals surface area contributed by atoms with E-state index in [0.29, 0.717) is 0 Å². The largest absolute Gasteiger partial charge is 0.361 e. The van der Waals surface area contributed by atoms with Gasteiger partial charge in [0.1, 0.15) is 0 Å². The van der Waals surface area contributed by atoms with E-state index in [2.05, 4.69) is 10.3 Å². The van der Waals surface area contributed by atoms with E-state index in [1.54, 1.807) is 0 Å². The van der Waals surface area contributed by atoms with Crippen LogP contribution in [0.1, 0.15) is 13.8 Å². The van der Waals surface area contributed by atoms with E-state index in [1.807, 2.05) is 44.3 Å². The van der Waals surface area contributed by atoms with Crippen LogP contribution in [-0.2, 0) is 4.79 Å². The number of nitrogens with one attached hydrogen (secondary N) is 2. The molecule has 0 aliphatic carbocycles. The van der Waals surface area contributed by atoms with E-state index in [-0.39, 0.29) is 11.8 Å². The molecule has 1 amide bonds. The van der Waals surface area contributed by atoms with Crippen molar-refractivity contribution in [1.29, 1.82) is 0 Å². The SMILES string of the molecule is CC(C)[C@H](N)C(=O)Nc1cccc2[nH]ccc12. The predicted molar refractivity (Wildman–Crippen MR) is 69.7 cm³/mol. The Labute approximate surface area is 100 Å². The van der Waals surface area contributed by atoms with E-state index in [9.17, 15) is 4.79 Å². The number of hydrogen-bond donors (Lipinski definition) is 3. The van der Waals surface area contributed by atoms with Gasteiger partial charge >= 0.3 is 0 Å². The molecule has 0 aliphatic rings. The number of fused-ring (bicyclic) bond motifs is 1. The van der Waals surface area contributed by atoms with Crippen LogP contribution in [0.3, 0.4) is 0 Å². The first-order valence-corrected chi connectivity index (χ1v) is 5.72. The van der Waals surface area contributed by atoms with Crippen molar-refractivity contribution in [2.45, 2.75) is 19.9 Å². The summed E-state index contributed by atoms with van der Waals surface area (Å²) >= 11 is 0. The second kappa shape index (κ2) is 4.59. The predicted octanol–water partition coefficient (Wildman–Crippen LogP) is 2.09. The molecule has 0 saturated carbocycles. The number of nitrogens with two attached hydrogens (primary N) is 1. The highest BCUT2D eigenvalue weighted by Gasteiger charge is 2.17. The fraction of sp³-hybridized carbons (Fsp3) is 0.308. The molecule has 0 aliphatic heterocycles. The fourth-order valence-corrected chi connectivity index (χ4v) is 1.71. The van der Waals surface area contributed by atoms with Crippen LogP contribution in [0.4, 0.5) is 5.69 Å². The number of amides is 1. The molecule has 4 nitrogen and oxygen atoms in total. The van der Waals surface area contributed by atoms with Crippen molar-refractivity contribution in [3.8, 4) is 0 Å². The second-order valence-corrected chi connectivity index (χ2v) is 4.50. The molecule has 90 valence electrons. The number of rotatable bonds is 3. The van der Waals surface area contributed by atoms with Gasteiger partial charge in [-0.2, -0.15) is 0 Å². The summed E-state index contributed by atoms with van der Waals surface area (Å²) in [6.45, 7) is 3.86. The molecule has 1 heterocycles. The zero-order chi connectivity index (χ0) is 12.4. The third-order valence-corrected chi connectivity index (χ3v) is 2.87. The molecule has 4 heteroatoms. The number of H-pyrrole nitrogens is 1. The van der Waals surface area contributed by atoms with Crippen molar-refractivity contribution >= 4 is 22.5 Å². The molecule has 4 N–H and O–H groups in total. The van der Waals surface area contributed by atoms with Crippen molar-refractivity contribution < 1.29 is 4.79 Å². The van der Waals surface area contributed by atoms with E-state index >= 15 is 0 Å². The molecule has 1 aromatic carbocycles. The van der Waals surface area contributed by atoms with Crippen molar-refractivity contribution in [2.75, 3.05) is 5.32 Å². The van der Waals surface area contributed by atoms with Crippen LogP contribution < -0.4 is 11.1 Å². The first kappa shape index (κ1) is 11.7. The Bertz CT molecular complexity index is 530. The van der Waals surface area contributed by atoms with Crippen LogP contribution in [0.25, 0.3) is 10.9 Å². The summed E-state index contributed by atoms with van der Waals surface area (Å²) in [4.78, 5) is 15.0. The van der Waals surface area contributed by atoms with Crippen molar-refractivity contribution in [3.63, 3.8) is 0 Å². The van der Waals surface area contributed by atoms with Crippen LogP contribution in [-0.4, -0.2) is 16.9 Å². The second-order valence-electron chi connectivity index (χ2n) is 4.50. The third kappa shape index (κ3) is 2.31. The molecule has 2 rings (SSSR count). The lowest BCUT2D eigenvalue weighted by Crippen LogP contribution is -2.39. The number of anilines is 1. The summed E-state index contributed by atoms with van der Waals surface area (Å²) in [6.07, 6.45) is 1.85. The average Bonchev–Trinajstić information content (AvgIpc) is 2.76. The Balaban J connectivity index is 2.24. The first-order chi connectivity index (χ1) is 8.09. The van der Waals surface area contributed by atoms with Gasteiger partial charge in [-0.25, -0.2) is 0 Å². The number of hydrogen-bond acceptors (Lipinski definition) is 2. The van der Waals surface area contributed by atoms with Crippen molar-refractivity contribution in [1.82, 2.24) is 4.98 Å². The van der Waals surface area contributed by atoms with E-state index < -0.39 is 6.04 Å². The van der Waals surface area contributed by atoms with Gasteiger partial charge in [-0.05, 0) is 24.1 Å². The summed E-state index contributed by atoms with van der Waals surface area (Å²) < 4.78 is 0. The zero-order valence-electron chi connectivity index (χ0n) is 10.0. The molecule has 17 heavy (non-hydrogen) atoms. The number of carbonyl (C=O) groups excluding carboxylic acids is 1. The topological polar surface area (TPSA) is 70.9 Å². The highest BCUT2D eigenvalue weighted by Crippen LogP contribution is 2.22. The lowest BCUT2D eigenvalue weighted by atomic mass is 10.0. The molecule has 2 aromatic rings. The first-order valence-electron chi connectivity index (χ1n) is 5.72. The monoisotopic (exact) mass is 231 g/mol. The third-order valence-electron chi connectivity index (χ3n) is 2.87. The standard InChI is InChI=1S/C13H17N3O/c1-8(2)12(14)13(17)16-11-5-3-4-10-9(11)6-7-15-10/h3-8,12,15H,14H2,1-2H3,(H,16,17)/t12-/m0/s1. The Morgan fingerprint density at radius 1 is 1.35 bits per heavy atom. The van der Waals surface area contributed by atoms with Crippen LogP contribution >= 0.6 is 0 Å². The summed E-state index contributed by atoms with van der Waals surface area (Å²) in [5, 5.41) is 3.87. The van der Waals surface area contributed by atoms with Crippen molar-refractivity contribution in [2.24, 2.45) is 11.7 Å². The van der Waals surface area contributed by atoms with Crippen LogP contribution in [0.5, 0.6) is 0 Å². The Hall–Kier alpha value is -1.81. The number of carbonyl (C=O) groups is 1. The molecule has 1 aromatic heterocycles. The van der Waals surface area contributed by atoms with Gasteiger partial charge in [0.05, 0.1) is 11.7 Å². The van der Waals surface area contributed by atoms with Crippen molar-refractivity contribution in [3.05, 3.63) is 30.5 Å². The minimum atomic E-state index is -0.482. The Kier molecular flexibility index (Phi) is 3.15. The Morgan fingerprint density at radius 3 is 2.82 bits per heavy atom. The van der Waals surface area contributed by atoms with Crippen LogP contribution in [0, 0.1) is 5.92 Å². The summed E-state index contributed by atoms with van der Waals surface area (Å²) in [5.41, 5.74) is 7.60. The highest BCUT2D eigenvalue weighted by molar-refractivity contribution is 6.03. The van der Waals surface area contributed by atoms with Crippen LogP contribution in [0.2, 0.25) is 0 Å². The maximum absolute atomic E-state index is 11.9. The summed E-state index contributed by atoms with van der Waals surface area (Å²) in [7, 11) is 0. The van der Waals surface area contributed by atoms with E-state index in [1.165, 1.54) is 0 Å². The zero-order valence-corrected chi connectivity index (χ0v) is 10.0. The van der Waals surface area contributed by atoms with Gasteiger partial charge < -0.3 is 16.0 Å². The Morgan fingerprint density at radius 2 is 2.12 bits per heavy atom. The molecule has 0 radical (unpaired) electrons. The summed E-state index contributed by atoms with van der Waals surface area (Å²) in [6, 6.07) is 7.19. The van der Waals surface area contributed by atoms with Gasteiger partial charge in [-0.3, -0.25) is 4.79 Å². The summed E-state index contributed by atoms with van der Waals surface area (Å²) in [5.74, 6) is -0.0193. The lowest BCUT2D eigenvalue weighted by molar-refractivity contribution is -0.118. The molecular formula is C13H17N3O. The molecule has 0 spiro atoms. The van der Waals surface area contributed by atoms with Gasteiger partial charge in [-0.1, -0.05) is 19.9 Å². The van der Waals surface area contributed by atoms with E-state index in [4.69, 9.17) is 5.73 Å². The van der Waals surface area contributed by atoms with Gasteiger partial charge in [0.25, 0.3) is 0 Å². The maximum Gasteiger partial charge on any atom is 0.241 e. The quantitative estimate of drug-likeness (QED) is 0.757. The smallest absolute Gasteiger partial charge is 0.241 e. The minimum absolute atomic E-state index is 0.125. The number of aromatic amines is 1. The van der Waals surface area contributed by atoms with Gasteiger partial charge in [0.2, 0.25) is 5.91 Å². The van der Waals surface area contributed by atoms with Gasteiger partial charge in [0, 0.05) is 17.1 Å². The number of aromatic nitrogens is 1. The maximum atomic E-state index is 11.9. The molecule has 1 atom stereocenters. The molecule has 0 unspecified atom stereocenters. The minimum Gasteiger partial charge on any atom is -0.361 e. The molecule has 0 bridgehead atoms. The molecule has 0 fully saturated rings. The average molecular weight is 231 g/mol. The normalized spacial score (nSPS) is 12.9.